The van der Waals surface area contributed by atoms with E-state index in [-0.39, 0.29) is 18.8 Å². The van der Waals surface area contributed by atoms with Gasteiger partial charge in [0.05, 0.1) is 29.0 Å². The molecule has 0 fully saturated rings. The van der Waals surface area contributed by atoms with E-state index in [9.17, 15) is 19.1 Å². The van der Waals surface area contributed by atoms with Crippen LogP contribution in [0.2, 0.25) is 0 Å². The van der Waals surface area contributed by atoms with Crippen LogP contribution in [0.4, 0.5) is 4.39 Å². The Balaban J connectivity index is 1.61. The summed E-state index contributed by atoms with van der Waals surface area (Å²) >= 11 is 0. The van der Waals surface area contributed by atoms with Gasteiger partial charge in [0, 0.05) is 29.1 Å². The first kappa shape index (κ1) is 18.7. The molecule has 0 bridgehead atoms. The summed E-state index contributed by atoms with van der Waals surface area (Å²) in [6, 6.07) is 1.50. The molecule has 1 aliphatic carbocycles. The Kier molecular flexibility index (Phi) is 3.62. The molecular formula is C24H21FN2O4. The minimum absolute atomic E-state index is 0.0961. The van der Waals surface area contributed by atoms with E-state index in [1.807, 2.05) is 11.8 Å². The van der Waals surface area contributed by atoms with E-state index >= 15 is 0 Å². The molecule has 4 heterocycles. The van der Waals surface area contributed by atoms with Gasteiger partial charge in [0.25, 0.3) is 0 Å². The highest BCUT2D eigenvalue weighted by atomic mass is 19.1. The Labute approximate surface area is 178 Å². The van der Waals surface area contributed by atoms with Crippen molar-refractivity contribution in [1.82, 2.24) is 9.88 Å². The van der Waals surface area contributed by atoms with Crippen molar-refractivity contribution >= 4 is 28.5 Å². The number of hydrogen-bond donors (Lipinski definition) is 1. The second kappa shape index (κ2) is 6.01. The van der Waals surface area contributed by atoms with Gasteiger partial charge in [0.1, 0.15) is 5.82 Å². The summed E-state index contributed by atoms with van der Waals surface area (Å²) in [6.45, 7) is 4.32. The van der Waals surface area contributed by atoms with Gasteiger partial charge in [-0.1, -0.05) is 6.92 Å². The summed E-state index contributed by atoms with van der Waals surface area (Å²) in [5.41, 5.74) is 4.90. The van der Waals surface area contributed by atoms with Crippen molar-refractivity contribution in [3.8, 4) is 0 Å². The summed E-state index contributed by atoms with van der Waals surface area (Å²) in [6.07, 6.45) is 4.48. The molecule has 0 saturated carbocycles. The van der Waals surface area contributed by atoms with Crippen molar-refractivity contribution in [3.63, 3.8) is 0 Å². The lowest BCUT2D eigenvalue weighted by Crippen LogP contribution is -2.49. The fourth-order valence-electron chi connectivity index (χ4n) is 5.55. The third-order valence-corrected chi connectivity index (χ3v) is 7.28. The maximum absolute atomic E-state index is 14.6. The van der Waals surface area contributed by atoms with Crippen LogP contribution >= 0.6 is 0 Å². The third-order valence-electron chi connectivity index (χ3n) is 7.28. The third kappa shape index (κ3) is 2.27. The van der Waals surface area contributed by atoms with Crippen LogP contribution in [0, 0.1) is 12.7 Å². The summed E-state index contributed by atoms with van der Waals surface area (Å²) in [5.74, 6) is -1.89. The standard InChI is InChI=1S/C24H21FN2O4/c1-3-24(30)16-7-19-21-14(9-27(19)10-15(16)22(28)31-23(24)29)13-6-4-5-12-11(2)17(25)8-18(26-21)20(12)13/h7-8,30H,3-6,9-10H2,1-2H3/t24-/m0/s1. The number of benzene rings is 1. The minimum Gasteiger partial charge on any atom is -0.387 e. The van der Waals surface area contributed by atoms with E-state index in [1.54, 1.807) is 13.0 Å². The molecule has 0 unspecified atom stereocenters. The Hall–Kier alpha value is -3.06. The maximum Gasteiger partial charge on any atom is 0.350 e. The van der Waals surface area contributed by atoms with Crippen LogP contribution in [0.1, 0.15) is 47.7 Å². The van der Waals surface area contributed by atoms with Crippen LogP contribution in [0.15, 0.2) is 23.3 Å². The number of aliphatic hydroxyl groups is 1. The number of esters is 2. The first-order valence-corrected chi connectivity index (χ1v) is 10.7. The molecule has 158 valence electrons. The van der Waals surface area contributed by atoms with Gasteiger partial charge in [-0.2, -0.15) is 0 Å². The number of fused-ring (bicyclic) bond motifs is 4. The predicted molar refractivity (Wildman–Crippen MR) is 110 cm³/mol. The molecule has 1 aromatic heterocycles. The second-order valence-electron chi connectivity index (χ2n) is 8.80. The zero-order valence-corrected chi connectivity index (χ0v) is 17.3. The molecule has 7 heteroatoms. The number of aryl methyl sites for hydroxylation is 2. The highest BCUT2D eigenvalue weighted by molar-refractivity contribution is 6.07. The number of ether oxygens (including phenoxy) is 1. The number of cyclic esters (lactones) is 2. The van der Waals surface area contributed by atoms with Crippen LogP contribution in [-0.4, -0.2) is 39.1 Å². The lowest BCUT2D eigenvalue weighted by molar-refractivity contribution is -0.172. The van der Waals surface area contributed by atoms with E-state index < -0.39 is 17.5 Å². The number of nitrogens with zero attached hydrogens (tertiary/aromatic N) is 2. The first-order valence-electron chi connectivity index (χ1n) is 10.7. The van der Waals surface area contributed by atoms with E-state index in [0.717, 1.165) is 47.2 Å². The number of hydrogen-bond acceptors (Lipinski definition) is 6. The molecule has 6 rings (SSSR count). The summed E-state index contributed by atoms with van der Waals surface area (Å²) in [4.78, 5) is 31.6. The molecule has 1 N–H and O–H groups in total. The molecule has 0 radical (unpaired) electrons. The molecule has 4 aliphatic rings. The number of halogens is 1. The molecule has 1 atom stereocenters. The van der Waals surface area contributed by atoms with Gasteiger partial charge in [-0.05, 0) is 55.4 Å². The quantitative estimate of drug-likeness (QED) is 0.565. The van der Waals surface area contributed by atoms with E-state index in [4.69, 9.17) is 9.72 Å². The van der Waals surface area contributed by atoms with Gasteiger partial charge < -0.3 is 14.7 Å². The Bertz CT molecular complexity index is 1310. The lowest BCUT2D eigenvalue weighted by Gasteiger charge is -2.36. The van der Waals surface area contributed by atoms with Gasteiger partial charge in [-0.15, -0.1) is 0 Å². The van der Waals surface area contributed by atoms with Crippen LogP contribution < -0.4 is 0 Å². The van der Waals surface area contributed by atoms with Gasteiger partial charge in [-0.3, -0.25) is 0 Å². The summed E-state index contributed by atoms with van der Waals surface area (Å²) in [7, 11) is 0. The Morgan fingerprint density at radius 2 is 2.00 bits per heavy atom. The van der Waals surface area contributed by atoms with Gasteiger partial charge in [0.2, 0.25) is 0 Å². The Morgan fingerprint density at radius 1 is 1.23 bits per heavy atom. The fourth-order valence-corrected chi connectivity index (χ4v) is 5.55. The maximum atomic E-state index is 14.6. The van der Waals surface area contributed by atoms with Crippen molar-refractivity contribution in [2.24, 2.45) is 0 Å². The number of pyridine rings is 1. The molecule has 31 heavy (non-hydrogen) atoms. The van der Waals surface area contributed by atoms with E-state index in [1.165, 1.54) is 11.6 Å². The summed E-state index contributed by atoms with van der Waals surface area (Å²) < 4.78 is 19.4. The average molecular weight is 420 g/mol. The van der Waals surface area contributed by atoms with Gasteiger partial charge in [0.15, 0.2) is 5.60 Å². The van der Waals surface area contributed by atoms with Crippen LogP contribution in [0.3, 0.4) is 0 Å². The highest BCUT2D eigenvalue weighted by Gasteiger charge is 2.50. The zero-order chi connectivity index (χ0) is 21.7. The smallest absolute Gasteiger partial charge is 0.350 e. The molecule has 2 aromatic rings. The first-order chi connectivity index (χ1) is 14.8. The number of carbonyl (C=O) groups is 2. The van der Waals surface area contributed by atoms with E-state index in [0.29, 0.717) is 28.8 Å². The fraction of sp³-hybridized carbons (Fsp3) is 0.375. The van der Waals surface area contributed by atoms with Crippen molar-refractivity contribution in [2.45, 2.75) is 51.7 Å². The monoisotopic (exact) mass is 420 g/mol. The van der Waals surface area contributed by atoms with Gasteiger partial charge >= 0.3 is 11.9 Å². The molecule has 0 amide bonds. The summed E-state index contributed by atoms with van der Waals surface area (Å²) in [5, 5.41) is 12.1. The minimum atomic E-state index is -1.85. The van der Waals surface area contributed by atoms with Crippen molar-refractivity contribution in [3.05, 3.63) is 57.1 Å². The molecule has 6 nitrogen and oxygen atoms in total. The SMILES string of the molecule is CC[C@@]1(O)C(=O)OC(=O)C2=C1C=C1c3nc4cc(F)c(C)c5c4c(c3CN1C2)CCC5. The largest absolute Gasteiger partial charge is 0.387 e. The van der Waals surface area contributed by atoms with Crippen molar-refractivity contribution in [1.29, 1.82) is 0 Å². The molecular weight excluding hydrogens is 399 g/mol. The normalized spacial score (nSPS) is 24.1. The van der Waals surface area contributed by atoms with Crippen molar-refractivity contribution < 1.29 is 23.8 Å². The molecule has 0 saturated heterocycles. The van der Waals surface area contributed by atoms with Crippen LogP contribution in [0.5, 0.6) is 0 Å². The lowest BCUT2D eigenvalue weighted by atomic mass is 9.82. The van der Waals surface area contributed by atoms with Gasteiger partial charge in [-0.25, -0.2) is 19.0 Å². The average Bonchev–Trinajstić information content (AvgIpc) is 3.12. The number of aromatic nitrogens is 1. The molecule has 1 aromatic carbocycles. The zero-order valence-electron chi connectivity index (χ0n) is 17.3. The highest BCUT2D eigenvalue weighted by Crippen LogP contribution is 2.46. The topological polar surface area (TPSA) is 79.7 Å². The Morgan fingerprint density at radius 3 is 2.77 bits per heavy atom. The molecule has 0 spiro atoms. The van der Waals surface area contributed by atoms with Crippen molar-refractivity contribution in [2.75, 3.05) is 6.54 Å². The number of carbonyl (C=O) groups excluding carboxylic acids is 2. The van der Waals surface area contributed by atoms with Crippen LogP contribution in [0.25, 0.3) is 16.6 Å². The predicted octanol–water partition coefficient (Wildman–Crippen LogP) is 2.86. The number of rotatable bonds is 1. The molecule has 3 aliphatic heterocycles. The second-order valence-corrected chi connectivity index (χ2v) is 8.80. The van der Waals surface area contributed by atoms with Crippen LogP contribution in [-0.2, 0) is 33.7 Å². The van der Waals surface area contributed by atoms with E-state index in [2.05, 4.69) is 0 Å².